The van der Waals surface area contributed by atoms with Crippen LogP contribution in [0.1, 0.15) is 11.1 Å². The molecule has 23 heavy (non-hydrogen) atoms. The first-order valence-electron chi connectivity index (χ1n) is 7.52. The van der Waals surface area contributed by atoms with Gasteiger partial charge in [-0.1, -0.05) is 60.5 Å². The number of fused-ring (bicyclic) bond motifs is 1. The minimum absolute atomic E-state index is 0.696. The third-order valence-corrected chi connectivity index (χ3v) is 4.19. The molecular formula is C21H19NO. The maximum atomic E-state index is 11.2. The molecule has 0 bridgehead atoms. The van der Waals surface area contributed by atoms with Crippen LogP contribution in [0.5, 0.6) is 0 Å². The predicted octanol–water partition coefficient (Wildman–Crippen LogP) is 3.77. The lowest BCUT2D eigenvalue weighted by Crippen LogP contribution is -2.25. The first-order chi connectivity index (χ1) is 11.1. The number of anilines is 1. The monoisotopic (exact) mass is 301 g/mol. The summed E-state index contributed by atoms with van der Waals surface area (Å²) in [5, 5.41) is 13.3. The van der Waals surface area contributed by atoms with Crippen molar-refractivity contribution in [2.75, 3.05) is 19.0 Å². The van der Waals surface area contributed by atoms with E-state index in [1.54, 1.807) is 0 Å². The van der Waals surface area contributed by atoms with Crippen molar-refractivity contribution in [3.63, 3.8) is 0 Å². The van der Waals surface area contributed by atoms with Crippen molar-refractivity contribution in [2.45, 2.75) is 5.60 Å². The highest BCUT2D eigenvalue weighted by Gasteiger charge is 2.30. The van der Waals surface area contributed by atoms with Gasteiger partial charge in [0.25, 0.3) is 0 Å². The van der Waals surface area contributed by atoms with Crippen molar-refractivity contribution < 1.29 is 5.11 Å². The van der Waals surface area contributed by atoms with Crippen LogP contribution in [0, 0.1) is 12.3 Å². The van der Waals surface area contributed by atoms with Gasteiger partial charge in [0.05, 0.1) is 0 Å². The van der Waals surface area contributed by atoms with Gasteiger partial charge < -0.3 is 10.0 Å². The molecule has 1 atom stereocenters. The summed E-state index contributed by atoms with van der Waals surface area (Å²) in [6.45, 7) is 0. The largest absolute Gasteiger partial charge is 0.378 e. The van der Waals surface area contributed by atoms with E-state index in [0.717, 1.165) is 22.0 Å². The van der Waals surface area contributed by atoms with Crippen molar-refractivity contribution in [2.24, 2.45) is 0 Å². The lowest BCUT2D eigenvalue weighted by Gasteiger charge is -2.25. The molecule has 0 aromatic heterocycles. The molecule has 0 amide bonds. The van der Waals surface area contributed by atoms with Gasteiger partial charge >= 0.3 is 0 Å². The topological polar surface area (TPSA) is 23.5 Å². The maximum Gasteiger partial charge on any atom is 0.177 e. The Morgan fingerprint density at radius 1 is 0.913 bits per heavy atom. The summed E-state index contributed by atoms with van der Waals surface area (Å²) in [5.74, 6) is 2.59. The van der Waals surface area contributed by atoms with Crippen LogP contribution in [0.3, 0.4) is 0 Å². The molecule has 1 N–H and O–H groups in total. The van der Waals surface area contributed by atoms with Gasteiger partial charge in [0.1, 0.15) is 0 Å². The zero-order chi connectivity index (χ0) is 16.4. The number of terminal acetylenes is 1. The van der Waals surface area contributed by atoms with Gasteiger partial charge in [-0.25, -0.2) is 0 Å². The van der Waals surface area contributed by atoms with E-state index >= 15 is 0 Å². The van der Waals surface area contributed by atoms with E-state index in [4.69, 9.17) is 6.42 Å². The van der Waals surface area contributed by atoms with E-state index in [-0.39, 0.29) is 0 Å². The SMILES string of the molecule is C#CC(O)(c1ccc(N(C)C)cc1)c1cccc2ccccc12. The Morgan fingerprint density at radius 2 is 1.57 bits per heavy atom. The molecule has 2 nitrogen and oxygen atoms in total. The second-order valence-electron chi connectivity index (χ2n) is 5.82. The van der Waals surface area contributed by atoms with Gasteiger partial charge in [-0.05, 0) is 22.9 Å². The maximum absolute atomic E-state index is 11.2. The van der Waals surface area contributed by atoms with Crippen LogP contribution in [0.15, 0.2) is 66.7 Å². The van der Waals surface area contributed by atoms with Gasteiger partial charge in [-0.2, -0.15) is 0 Å². The second-order valence-corrected chi connectivity index (χ2v) is 5.82. The van der Waals surface area contributed by atoms with Crippen molar-refractivity contribution in [3.05, 3.63) is 77.9 Å². The lowest BCUT2D eigenvalue weighted by molar-refractivity contribution is 0.147. The highest BCUT2D eigenvalue weighted by molar-refractivity contribution is 5.87. The normalized spacial score (nSPS) is 13.3. The molecule has 3 rings (SSSR count). The van der Waals surface area contributed by atoms with Crippen LogP contribution in [-0.2, 0) is 5.60 Å². The molecule has 0 radical (unpaired) electrons. The molecule has 0 spiro atoms. The second kappa shape index (κ2) is 5.79. The fraction of sp³-hybridized carbons (Fsp3) is 0.143. The summed E-state index contributed by atoms with van der Waals surface area (Å²) in [6, 6.07) is 21.5. The molecule has 0 aliphatic heterocycles. The van der Waals surface area contributed by atoms with Crippen molar-refractivity contribution in [3.8, 4) is 12.3 Å². The Kier molecular flexibility index (Phi) is 3.82. The Hall–Kier alpha value is -2.76. The molecule has 114 valence electrons. The van der Waals surface area contributed by atoms with Gasteiger partial charge in [0.15, 0.2) is 5.60 Å². The van der Waals surface area contributed by atoms with Crippen molar-refractivity contribution >= 4 is 16.5 Å². The molecule has 0 heterocycles. The predicted molar refractivity (Wildman–Crippen MR) is 96.5 cm³/mol. The van der Waals surface area contributed by atoms with Gasteiger partial charge in [0.2, 0.25) is 0 Å². The Bertz CT molecular complexity index is 869. The van der Waals surface area contributed by atoms with Crippen LogP contribution in [0.25, 0.3) is 10.8 Å². The van der Waals surface area contributed by atoms with Gasteiger partial charge in [-0.15, -0.1) is 6.42 Å². The molecule has 3 aromatic rings. The number of rotatable bonds is 3. The zero-order valence-electron chi connectivity index (χ0n) is 13.3. The van der Waals surface area contributed by atoms with Gasteiger partial charge in [-0.3, -0.25) is 0 Å². The summed E-state index contributed by atoms with van der Waals surface area (Å²) in [5.41, 5.74) is 1.04. The quantitative estimate of drug-likeness (QED) is 0.744. The summed E-state index contributed by atoms with van der Waals surface area (Å²) < 4.78 is 0. The van der Waals surface area contributed by atoms with E-state index < -0.39 is 5.60 Å². The third kappa shape index (κ3) is 2.56. The van der Waals surface area contributed by atoms with Crippen LogP contribution >= 0.6 is 0 Å². The zero-order valence-corrected chi connectivity index (χ0v) is 13.3. The van der Waals surface area contributed by atoms with E-state index in [0.29, 0.717) is 5.56 Å². The summed E-state index contributed by atoms with van der Waals surface area (Å²) in [4.78, 5) is 2.01. The summed E-state index contributed by atoms with van der Waals surface area (Å²) in [6.07, 6.45) is 5.75. The molecule has 0 aliphatic rings. The fourth-order valence-electron chi connectivity index (χ4n) is 2.86. The first kappa shape index (κ1) is 15.1. The number of benzene rings is 3. The molecule has 3 aromatic carbocycles. The van der Waals surface area contributed by atoms with Gasteiger partial charge in [0, 0.05) is 30.9 Å². The number of aliphatic hydroxyl groups is 1. The number of hydrogen-bond acceptors (Lipinski definition) is 2. The van der Waals surface area contributed by atoms with E-state index in [1.807, 2.05) is 85.7 Å². The minimum atomic E-state index is -1.45. The molecule has 2 heteroatoms. The lowest BCUT2D eigenvalue weighted by atomic mass is 9.84. The number of hydrogen-bond donors (Lipinski definition) is 1. The Labute approximate surface area is 137 Å². The van der Waals surface area contributed by atoms with Crippen LogP contribution in [0.2, 0.25) is 0 Å². The van der Waals surface area contributed by atoms with Crippen molar-refractivity contribution in [1.29, 1.82) is 0 Å². The van der Waals surface area contributed by atoms with Crippen LogP contribution in [0.4, 0.5) is 5.69 Å². The smallest absolute Gasteiger partial charge is 0.177 e. The van der Waals surface area contributed by atoms with E-state index in [9.17, 15) is 5.11 Å². The van der Waals surface area contributed by atoms with E-state index in [2.05, 4.69) is 5.92 Å². The fourth-order valence-corrected chi connectivity index (χ4v) is 2.86. The van der Waals surface area contributed by atoms with Crippen molar-refractivity contribution in [1.82, 2.24) is 0 Å². The highest BCUT2D eigenvalue weighted by atomic mass is 16.3. The first-order valence-corrected chi connectivity index (χ1v) is 7.52. The molecule has 0 saturated heterocycles. The average Bonchev–Trinajstić information content (AvgIpc) is 2.60. The Balaban J connectivity index is 2.18. The third-order valence-electron chi connectivity index (χ3n) is 4.19. The van der Waals surface area contributed by atoms with Crippen LogP contribution in [-0.4, -0.2) is 19.2 Å². The van der Waals surface area contributed by atoms with Crippen LogP contribution < -0.4 is 4.90 Å². The average molecular weight is 301 g/mol. The molecule has 0 fully saturated rings. The molecule has 1 unspecified atom stereocenters. The standard InChI is InChI=1S/C21H19NO/c1-4-21(23,17-12-14-18(15-13-17)22(2)3)20-11-7-9-16-8-5-6-10-19(16)20/h1,5-15,23H,2-3H3. The summed E-state index contributed by atoms with van der Waals surface area (Å²) >= 11 is 0. The molecule has 0 aliphatic carbocycles. The molecule has 0 saturated carbocycles. The number of nitrogens with zero attached hydrogens (tertiary/aromatic N) is 1. The molecular weight excluding hydrogens is 282 g/mol. The summed E-state index contributed by atoms with van der Waals surface area (Å²) in [7, 11) is 3.96. The minimum Gasteiger partial charge on any atom is -0.378 e. The van der Waals surface area contributed by atoms with E-state index in [1.165, 1.54) is 0 Å². The Morgan fingerprint density at radius 3 is 2.22 bits per heavy atom. The highest BCUT2D eigenvalue weighted by Crippen LogP contribution is 2.34.